The van der Waals surface area contributed by atoms with Crippen molar-refractivity contribution in [2.24, 2.45) is 5.92 Å². The van der Waals surface area contributed by atoms with Crippen molar-refractivity contribution >= 4 is 0 Å². The molecule has 0 amide bonds. The molecule has 0 rings (SSSR count). The van der Waals surface area contributed by atoms with Crippen LogP contribution in [0.3, 0.4) is 0 Å². The first-order chi connectivity index (χ1) is 6.02. The summed E-state index contributed by atoms with van der Waals surface area (Å²) in [5.41, 5.74) is 0.0495. The first kappa shape index (κ1) is 12.9. The van der Waals surface area contributed by atoms with Gasteiger partial charge in [-0.25, -0.2) is 0 Å². The molecule has 0 aliphatic carbocycles. The van der Waals surface area contributed by atoms with Gasteiger partial charge >= 0.3 is 0 Å². The fraction of sp³-hybridized carbons (Fsp3) is 1.00. The second-order valence-electron chi connectivity index (χ2n) is 4.50. The maximum absolute atomic E-state index is 5.38. The van der Waals surface area contributed by atoms with Gasteiger partial charge in [0, 0.05) is 7.11 Å². The summed E-state index contributed by atoms with van der Waals surface area (Å²) in [6.07, 6.45) is 3.66. The monoisotopic (exact) mass is 187 g/mol. The molecule has 0 aromatic carbocycles. The van der Waals surface area contributed by atoms with Crippen molar-refractivity contribution in [3.05, 3.63) is 0 Å². The van der Waals surface area contributed by atoms with Gasteiger partial charge in [-0.05, 0) is 52.6 Å². The van der Waals surface area contributed by atoms with Crippen LogP contribution in [0.15, 0.2) is 0 Å². The summed E-state index contributed by atoms with van der Waals surface area (Å²) in [5, 5.41) is 3.18. The number of methoxy groups -OCH3 is 1. The zero-order valence-electron chi connectivity index (χ0n) is 9.81. The minimum absolute atomic E-state index is 0.0495. The van der Waals surface area contributed by atoms with Gasteiger partial charge in [-0.2, -0.15) is 0 Å². The average Bonchev–Trinajstić information content (AvgIpc) is 2.11. The molecule has 0 radical (unpaired) electrons. The van der Waals surface area contributed by atoms with E-state index in [2.05, 4.69) is 26.1 Å². The molecule has 0 heterocycles. The lowest BCUT2D eigenvalue weighted by atomic mass is 9.94. The number of rotatable bonds is 7. The van der Waals surface area contributed by atoms with Crippen LogP contribution in [-0.2, 0) is 4.74 Å². The fourth-order valence-corrected chi connectivity index (χ4v) is 1.23. The molecule has 0 aliphatic rings. The Morgan fingerprint density at radius 2 is 1.92 bits per heavy atom. The van der Waals surface area contributed by atoms with Crippen LogP contribution in [0.2, 0.25) is 0 Å². The van der Waals surface area contributed by atoms with Crippen LogP contribution in [0.4, 0.5) is 0 Å². The van der Waals surface area contributed by atoms with Crippen LogP contribution in [0.5, 0.6) is 0 Å². The first-order valence-corrected chi connectivity index (χ1v) is 5.21. The van der Waals surface area contributed by atoms with Gasteiger partial charge in [-0.3, -0.25) is 0 Å². The van der Waals surface area contributed by atoms with Crippen LogP contribution in [-0.4, -0.2) is 26.3 Å². The summed E-state index contributed by atoms with van der Waals surface area (Å²) < 4.78 is 5.38. The molecule has 0 fully saturated rings. The van der Waals surface area contributed by atoms with Crippen molar-refractivity contribution in [1.82, 2.24) is 5.32 Å². The number of hydrogen-bond acceptors (Lipinski definition) is 2. The third-order valence-electron chi connectivity index (χ3n) is 2.68. The maximum atomic E-state index is 5.38. The van der Waals surface area contributed by atoms with Gasteiger partial charge in [0.25, 0.3) is 0 Å². The van der Waals surface area contributed by atoms with Crippen molar-refractivity contribution in [3.8, 4) is 0 Å². The molecule has 0 spiro atoms. The Kier molecular flexibility index (Phi) is 6.35. The van der Waals surface area contributed by atoms with Gasteiger partial charge in [-0.1, -0.05) is 6.92 Å². The molecule has 0 aromatic rings. The highest BCUT2D eigenvalue weighted by Crippen LogP contribution is 2.20. The van der Waals surface area contributed by atoms with Crippen LogP contribution >= 0.6 is 0 Å². The summed E-state index contributed by atoms with van der Waals surface area (Å²) >= 11 is 0. The third-order valence-corrected chi connectivity index (χ3v) is 2.68. The number of nitrogens with one attached hydrogen (secondary N) is 1. The summed E-state index contributed by atoms with van der Waals surface area (Å²) in [7, 11) is 3.80. The van der Waals surface area contributed by atoms with E-state index in [-0.39, 0.29) is 5.60 Å². The molecule has 0 saturated heterocycles. The van der Waals surface area contributed by atoms with Gasteiger partial charge in [0.1, 0.15) is 0 Å². The number of hydrogen-bond donors (Lipinski definition) is 1. The Bertz CT molecular complexity index is 123. The lowest BCUT2D eigenvalue weighted by Crippen LogP contribution is -2.23. The van der Waals surface area contributed by atoms with Crippen LogP contribution < -0.4 is 5.32 Å². The van der Waals surface area contributed by atoms with E-state index in [1.807, 2.05) is 7.05 Å². The maximum Gasteiger partial charge on any atom is 0.0622 e. The smallest absolute Gasteiger partial charge is 0.0622 e. The Morgan fingerprint density at radius 3 is 2.38 bits per heavy atom. The van der Waals surface area contributed by atoms with E-state index in [0.717, 1.165) is 18.9 Å². The van der Waals surface area contributed by atoms with Crippen molar-refractivity contribution in [2.45, 2.75) is 45.6 Å². The normalized spacial score (nSPS) is 14.5. The average molecular weight is 187 g/mol. The van der Waals surface area contributed by atoms with Gasteiger partial charge in [-0.15, -0.1) is 0 Å². The van der Waals surface area contributed by atoms with E-state index >= 15 is 0 Å². The topological polar surface area (TPSA) is 21.3 Å². The quantitative estimate of drug-likeness (QED) is 0.661. The third kappa shape index (κ3) is 7.03. The van der Waals surface area contributed by atoms with E-state index in [9.17, 15) is 0 Å². The summed E-state index contributed by atoms with van der Waals surface area (Å²) in [6, 6.07) is 0. The Hall–Kier alpha value is -0.0800. The molecule has 0 bridgehead atoms. The van der Waals surface area contributed by atoms with E-state index in [1.165, 1.54) is 12.8 Å². The summed E-state index contributed by atoms with van der Waals surface area (Å²) in [6.45, 7) is 7.73. The van der Waals surface area contributed by atoms with Crippen LogP contribution in [0, 0.1) is 5.92 Å². The molecule has 0 aliphatic heterocycles. The summed E-state index contributed by atoms with van der Waals surface area (Å²) in [4.78, 5) is 0. The molecule has 0 aromatic heterocycles. The van der Waals surface area contributed by atoms with Gasteiger partial charge in [0.15, 0.2) is 0 Å². The minimum atomic E-state index is 0.0495. The van der Waals surface area contributed by atoms with Gasteiger partial charge in [0.05, 0.1) is 5.60 Å². The van der Waals surface area contributed by atoms with E-state index < -0.39 is 0 Å². The molecular weight excluding hydrogens is 162 g/mol. The lowest BCUT2D eigenvalue weighted by molar-refractivity contribution is 0.0106. The van der Waals surface area contributed by atoms with Crippen LogP contribution in [0.1, 0.15) is 40.0 Å². The first-order valence-electron chi connectivity index (χ1n) is 5.21. The van der Waals surface area contributed by atoms with E-state index in [0.29, 0.717) is 0 Å². The van der Waals surface area contributed by atoms with Crippen molar-refractivity contribution < 1.29 is 4.74 Å². The predicted molar refractivity (Wildman–Crippen MR) is 58.0 cm³/mol. The zero-order chi connectivity index (χ0) is 10.3. The molecule has 0 saturated carbocycles. The van der Waals surface area contributed by atoms with Crippen LogP contribution in [0.25, 0.3) is 0 Å². The molecule has 80 valence electrons. The molecular formula is C11H25NO. The Morgan fingerprint density at radius 1 is 1.31 bits per heavy atom. The second kappa shape index (κ2) is 6.39. The highest BCUT2D eigenvalue weighted by atomic mass is 16.5. The molecule has 2 heteroatoms. The summed E-state index contributed by atoms with van der Waals surface area (Å²) in [5.74, 6) is 0.793. The van der Waals surface area contributed by atoms with Gasteiger partial charge in [0.2, 0.25) is 0 Å². The largest absolute Gasteiger partial charge is 0.379 e. The fourth-order valence-electron chi connectivity index (χ4n) is 1.23. The number of ether oxygens (including phenoxy) is 1. The van der Waals surface area contributed by atoms with E-state index in [4.69, 9.17) is 4.74 Å². The second-order valence-corrected chi connectivity index (χ2v) is 4.50. The molecule has 2 nitrogen and oxygen atoms in total. The lowest BCUT2D eigenvalue weighted by Gasteiger charge is -2.24. The molecule has 1 unspecified atom stereocenters. The molecule has 1 N–H and O–H groups in total. The van der Waals surface area contributed by atoms with Crippen molar-refractivity contribution in [1.29, 1.82) is 0 Å². The van der Waals surface area contributed by atoms with E-state index in [1.54, 1.807) is 7.11 Å². The highest BCUT2D eigenvalue weighted by molar-refractivity contribution is 4.69. The highest BCUT2D eigenvalue weighted by Gasteiger charge is 2.17. The molecule has 1 atom stereocenters. The van der Waals surface area contributed by atoms with Gasteiger partial charge < -0.3 is 10.1 Å². The zero-order valence-corrected chi connectivity index (χ0v) is 9.81. The van der Waals surface area contributed by atoms with Crippen molar-refractivity contribution in [2.75, 3.05) is 20.7 Å². The SMILES string of the molecule is CNCCC(C)CCC(C)(C)OC. The standard InChI is InChI=1S/C11H25NO/c1-10(7-9-12-4)6-8-11(2,3)13-5/h10,12H,6-9H2,1-5H3. The predicted octanol–water partition coefficient (Wildman–Crippen LogP) is 2.44. The minimum Gasteiger partial charge on any atom is -0.379 e. The molecule has 13 heavy (non-hydrogen) atoms. The Balaban J connectivity index is 3.51. The Labute approximate surface area is 83.1 Å². The van der Waals surface area contributed by atoms with Crippen molar-refractivity contribution in [3.63, 3.8) is 0 Å².